The van der Waals surface area contributed by atoms with E-state index in [1.807, 2.05) is 23.6 Å². The predicted octanol–water partition coefficient (Wildman–Crippen LogP) is 1.14. The van der Waals surface area contributed by atoms with E-state index < -0.39 is 0 Å². The SMILES string of the molecule is S=S1C=CC=CC=N1. The monoisotopic (exact) mass is 143 g/mol. The van der Waals surface area contributed by atoms with Crippen molar-refractivity contribution in [3.05, 3.63) is 23.6 Å². The molecule has 0 amide bonds. The van der Waals surface area contributed by atoms with Crippen molar-refractivity contribution in [3.8, 4) is 0 Å². The van der Waals surface area contributed by atoms with Crippen LogP contribution in [-0.4, -0.2) is 6.21 Å². The van der Waals surface area contributed by atoms with Gasteiger partial charge in [-0.05, 0) is 22.7 Å². The Morgan fingerprint density at radius 3 is 3.00 bits per heavy atom. The molecule has 0 spiro atoms. The lowest BCUT2D eigenvalue weighted by atomic mass is 10.5. The highest BCUT2D eigenvalue weighted by atomic mass is 32.8. The average molecular weight is 143 g/mol. The molecule has 8 heavy (non-hydrogen) atoms. The van der Waals surface area contributed by atoms with Crippen molar-refractivity contribution in [1.82, 2.24) is 0 Å². The summed E-state index contributed by atoms with van der Waals surface area (Å²) >= 11 is 4.88. The second-order valence-corrected chi connectivity index (χ2v) is 3.30. The lowest BCUT2D eigenvalue weighted by molar-refractivity contribution is 1.98. The van der Waals surface area contributed by atoms with E-state index >= 15 is 0 Å². The van der Waals surface area contributed by atoms with Crippen molar-refractivity contribution in [1.29, 1.82) is 0 Å². The molecule has 1 atom stereocenters. The fourth-order valence-electron chi connectivity index (χ4n) is 0.357. The molecule has 1 aliphatic heterocycles. The third-order valence-electron chi connectivity index (χ3n) is 0.668. The Bertz CT molecular complexity index is 161. The van der Waals surface area contributed by atoms with Gasteiger partial charge in [-0.1, -0.05) is 12.2 Å². The molecule has 0 aromatic heterocycles. The standard InChI is InChI=1S/C5H5NS2/c7-8-5-3-1-2-4-6-8/h1-5H. The molecule has 3 heteroatoms. The molecule has 1 nitrogen and oxygen atoms in total. The second-order valence-electron chi connectivity index (χ2n) is 1.24. The van der Waals surface area contributed by atoms with E-state index in [-0.39, 0.29) is 9.64 Å². The van der Waals surface area contributed by atoms with E-state index in [9.17, 15) is 0 Å². The van der Waals surface area contributed by atoms with Gasteiger partial charge in [-0.3, -0.25) is 0 Å². The highest BCUT2D eigenvalue weighted by Gasteiger charge is 1.79. The van der Waals surface area contributed by atoms with Gasteiger partial charge in [0.1, 0.15) is 0 Å². The van der Waals surface area contributed by atoms with Gasteiger partial charge in [0.25, 0.3) is 0 Å². The van der Waals surface area contributed by atoms with Gasteiger partial charge < -0.3 is 0 Å². The van der Waals surface area contributed by atoms with E-state index in [0.29, 0.717) is 0 Å². The van der Waals surface area contributed by atoms with Crippen LogP contribution in [0.4, 0.5) is 0 Å². The van der Waals surface area contributed by atoms with Crippen LogP contribution in [0.3, 0.4) is 0 Å². The lowest BCUT2D eigenvalue weighted by Crippen LogP contribution is -1.69. The van der Waals surface area contributed by atoms with E-state index in [2.05, 4.69) is 4.40 Å². The van der Waals surface area contributed by atoms with Gasteiger partial charge in [0.2, 0.25) is 0 Å². The molecule has 0 aromatic carbocycles. The molecule has 0 saturated heterocycles. The zero-order valence-electron chi connectivity index (χ0n) is 4.15. The van der Waals surface area contributed by atoms with Crippen LogP contribution in [0.25, 0.3) is 0 Å². The van der Waals surface area contributed by atoms with E-state index in [1.165, 1.54) is 0 Å². The fourth-order valence-corrected chi connectivity index (χ4v) is 1.18. The third kappa shape index (κ3) is 1.68. The van der Waals surface area contributed by atoms with Gasteiger partial charge in [0.05, 0.1) is 0 Å². The van der Waals surface area contributed by atoms with Crippen LogP contribution < -0.4 is 0 Å². The molecule has 0 saturated carbocycles. The van der Waals surface area contributed by atoms with E-state index in [4.69, 9.17) is 11.2 Å². The maximum Gasteiger partial charge on any atom is 0.0358 e. The number of hydrogen-bond donors (Lipinski definition) is 0. The molecule has 0 N–H and O–H groups in total. The first-order valence-electron chi connectivity index (χ1n) is 2.18. The Hall–Kier alpha value is -0.280. The van der Waals surface area contributed by atoms with Crippen molar-refractivity contribution in [2.75, 3.05) is 0 Å². The second kappa shape index (κ2) is 2.89. The molecule has 1 aliphatic rings. The zero-order valence-corrected chi connectivity index (χ0v) is 5.78. The Morgan fingerprint density at radius 2 is 2.12 bits per heavy atom. The van der Waals surface area contributed by atoms with Gasteiger partial charge >= 0.3 is 0 Å². The maximum atomic E-state index is 4.88. The van der Waals surface area contributed by atoms with Gasteiger partial charge in [-0.25, -0.2) is 4.40 Å². The van der Waals surface area contributed by atoms with Crippen molar-refractivity contribution < 1.29 is 0 Å². The summed E-state index contributed by atoms with van der Waals surface area (Å²) in [4.78, 5) is 0. The van der Waals surface area contributed by atoms with Gasteiger partial charge in [-0.15, -0.1) is 0 Å². The Morgan fingerprint density at radius 1 is 1.25 bits per heavy atom. The number of hydrogen-bond acceptors (Lipinski definition) is 1. The van der Waals surface area contributed by atoms with Gasteiger partial charge in [0.15, 0.2) is 0 Å². The molecule has 1 rings (SSSR count). The van der Waals surface area contributed by atoms with Crippen molar-refractivity contribution in [3.63, 3.8) is 0 Å². The summed E-state index contributed by atoms with van der Waals surface area (Å²) in [5.74, 6) is 0. The summed E-state index contributed by atoms with van der Waals surface area (Å²) in [5, 5.41) is 1.90. The Labute approximate surface area is 55.5 Å². The van der Waals surface area contributed by atoms with Crippen molar-refractivity contribution >= 4 is 27.0 Å². The molecule has 1 heterocycles. The van der Waals surface area contributed by atoms with Crippen LogP contribution in [0.2, 0.25) is 0 Å². The van der Waals surface area contributed by atoms with Crippen LogP contribution in [0.15, 0.2) is 28.0 Å². The topological polar surface area (TPSA) is 12.4 Å². The molecule has 0 aromatic rings. The van der Waals surface area contributed by atoms with E-state index in [1.54, 1.807) is 6.21 Å². The minimum atomic E-state index is -0.298. The molecular formula is C5H5NS2. The summed E-state index contributed by atoms with van der Waals surface area (Å²) < 4.78 is 3.97. The molecule has 0 bridgehead atoms. The minimum Gasteiger partial charge on any atom is -0.217 e. The van der Waals surface area contributed by atoms with Crippen LogP contribution >= 0.6 is 0 Å². The fraction of sp³-hybridized carbons (Fsp3) is 0. The summed E-state index contributed by atoms with van der Waals surface area (Å²) in [5.41, 5.74) is 0. The molecule has 0 fully saturated rings. The maximum absolute atomic E-state index is 4.88. The largest absolute Gasteiger partial charge is 0.217 e. The normalized spacial score (nSPS) is 25.8. The minimum absolute atomic E-state index is 0.298. The van der Waals surface area contributed by atoms with E-state index in [0.717, 1.165) is 0 Å². The first-order valence-corrected chi connectivity index (χ1v) is 4.35. The molecule has 42 valence electrons. The quantitative estimate of drug-likeness (QED) is 0.495. The summed E-state index contributed by atoms with van der Waals surface area (Å²) in [6.45, 7) is 0. The predicted molar refractivity (Wildman–Crippen MR) is 41.5 cm³/mol. The highest BCUT2D eigenvalue weighted by Crippen LogP contribution is 1.91. The molecule has 0 radical (unpaired) electrons. The summed E-state index contributed by atoms with van der Waals surface area (Å²) in [7, 11) is -0.298. The highest BCUT2D eigenvalue weighted by molar-refractivity contribution is 8.29. The van der Waals surface area contributed by atoms with Crippen LogP contribution in [0, 0.1) is 0 Å². The third-order valence-corrected chi connectivity index (χ3v) is 1.98. The first kappa shape index (κ1) is 5.85. The first-order chi connectivity index (χ1) is 3.89. The molecule has 1 unspecified atom stereocenters. The lowest BCUT2D eigenvalue weighted by Gasteiger charge is -1.79. The van der Waals surface area contributed by atoms with Gasteiger partial charge in [0, 0.05) is 15.9 Å². The summed E-state index contributed by atoms with van der Waals surface area (Å²) in [6.07, 6.45) is 7.44. The van der Waals surface area contributed by atoms with Crippen LogP contribution in [0.1, 0.15) is 0 Å². The molecule has 0 aliphatic carbocycles. The zero-order chi connectivity index (χ0) is 5.82. The number of rotatable bonds is 0. The number of allylic oxidation sites excluding steroid dienone is 3. The van der Waals surface area contributed by atoms with Crippen LogP contribution in [0.5, 0.6) is 0 Å². The molecular weight excluding hydrogens is 138 g/mol. The number of nitrogens with zero attached hydrogens (tertiary/aromatic N) is 1. The average Bonchev–Trinajstić information content (AvgIpc) is 1.94. The van der Waals surface area contributed by atoms with Crippen molar-refractivity contribution in [2.24, 2.45) is 4.40 Å². The van der Waals surface area contributed by atoms with Gasteiger partial charge in [-0.2, -0.15) is 0 Å². The summed E-state index contributed by atoms with van der Waals surface area (Å²) in [6, 6.07) is 0. The Kier molecular flexibility index (Phi) is 2.11. The van der Waals surface area contributed by atoms with Crippen molar-refractivity contribution in [2.45, 2.75) is 0 Å². The smallest absolute Gasteiger partial charge is 0.0358 e. The Balaban J connectivity index is 2.81. The van der Waals surface area contributed by atoms with Crippen LogP contribution in [-0.2, 0) is 20.8 Å².